The summed E-state index contributed by atoms with van der Waals surface area (Å²) >= 11 is 6.19. The summed E-state index contributed by atoms with van der Waals surface area (Å²) in [4.78, 5) is 15.1. The smallest absolute Gasteiger partial charge is 0.255 e. The molecule has 138 valence electrons. The zero-order valence-corrected chi connectivity index (χ0v) is 15.4. The first-order chi connectivity index (χ1) is 12.1. The molecule has 1 amide bonds. The van der Waals surface area contributed by atoms with Crippen molar-refractivity contribution in [2.24, 2.45) is 0 Å². The third-order valence-electron chi connectivity index (χ3n) is 4.96. The van der Waals surface area contributed by atoms with E-state index in [1.54, 1.807) is 13.2 Å². The molecule has 0 bridgehead atoms. The van der Waals surface area contributed by atoms with E-state index in [0.717, 1.165) is 51.1 Å². The van der Waals surface area contributed by atoms with Crippen LogP contribution >= 0.6 is 11.6 Å². The van der Waals surface area contributed by atoms with Crippen molar-refractivity contribution in [1.29, 1.82) is 0 Å². The predicted molar refractivity (Wildman–Crippen MR) is 98.5 cm³/mol. The number of fused-ring (bicyclic) bond motifs is 1. The number of piperidine rings is 1. The lowest BCUT2D eigenvalue weighted by atomic mass is 10.0. The minimum atomic E-state index is -0.127. The van der Waals surface area contributed by atoms with Crippen molar-refractivity contribution in [3.63, 3.8) is 0 Å². The van der Waals surface area contributed by atoms with Crippen LogP contribution in [0.5, 0.6) is 5.75 Å². The van der Waals surface area contributed by atoms with Gasteiger partial charge in [0.15, 0.2) is 0 Å². The molecule has 3 N–H and O–H groups in total. The van der Waals surface area contributed by atoms with E-state index >= 15 is 0 Å². The average Bonchev–Trinajstić information content (AvgIpc) is 3.10. The number of halogens is 1. The third kappa shape index (κ3) is 4.19. The van der Waals surface area contributed by atoms with Crippen LogP contribution in [0.4, 0.5) is 5.69 Å². The van der Waals surface area contributed by atoms with E-state index in [1.807, 2.05) is 0 Å². The number of likely N-dealkylation sites (tertiary alicyclic amines) is 1. The van der Waals surface area contributed by atoms with Crippen molar-refractivity contribution >= 4 is 23.2 Å². The molecule has 0 atom stereocenters. The Bertz CT molecular complexity index is 630. The maximum atomic E-state index is 12.7. The monoisotopic (exact) mass is 366 g/mol. The molecule has 2 aliphatic rings. The number of rotatable bonds is 6. The van der Waals surface area contributed by atoms with Gasteiger partial charge >= 0.3 is 0 Å². The summed E-state index contributed by atoms with van der Waals surface area (Å²) in [6.07, 6.45) is 3.64. The van der Waals surface area contributed by atoms with Gasteiger partial charge in [-0.1, -0.05) is 11.6 Å². The van der Waals surface area contributed by atoms with Crippen molar-refractivity contribution in [2.45, 2.75) is 31.7 Å². The molecule has 2 heterocycles. The summed E-state index contributed by atoms with van der Waals surface area (Å²) in [5.74, 6) is 0.467. The number of nitrogens with one attached hydrogen (secondary N) is 1. The van der Waals surface area contributed by atoms with Crippen molar-refractivity contribution in [3.8, 4) is 5.75 Å². The zero-order valence-electron chi connectivity index (χ0n) is 14.6. The number of carbonyl (C=O) groups is 1. The van der Waals surface area contributed by atoms with Crippen molar-refractivity contribution < 1.29 is 14.3 Å². The van der Waals surface area contributed by atoms with E-state index in [9.17, 15) is 4.79 Å². The Kier molecular flexibility index (Phi) is 6.04. The number of hydrogen-bond donors (Lipinski definition) is 2. The maximum Gasteiger partial charge on any atom is 0.255 e. The van der Waals surface area contributed by atoms with E-state index in [4.69, 9.17) is 26.8 Å². The van der Waals surface area contributed by atoms with Gasteiger partial charge in [-0.05, 0) is 25.3 Å². The molecule has 6 nitrogen and oxygen atoms in total. The second kappa shape index (κ2) is 8.25. The largest absolute Gasteiger partial charge is 0.492 e. The van der Waals surface area contributed by atoms with Crippen molar-refractivity contribution in [1.82, 2.24) is 10.2 Å². The van der Waals surface area contributed by atoms with Gasteiger partial charge < -0.3 is 25.4 Å². The summed E-state index contributed by atoms with van der Waals surface area (Å²) in [5.41, 5.74) is 7.86. The molecule has 1 aromatic rings. The van der Waals surface area contributed by atoms with E-state index in [2.05, 4.69) is 10.2 Å². The summed E-state index contributed by atoms with van der Waals surface area (Å²) in [5, 5.41) is 3.55. The molecule has 0 aliphatic carbocycles. The highest BCUT2D eigenvalue weighted by Crippen LogP contribution is 2.38. The molecule has 0 aromatic heterocycles. The van der Waals surface area contributed by atoms with Gasteiger partial charge in [0.05, 0.1) is 22.9 Å². The van der Waals surface area contributed by atoms with Crippen LogP contribution in [0.1, 0.15) is 35.2 Å². The van der Waals surface area contributed by atoms with Gasteiger partial charge in [-0.25, -0.2) is 0 Å². The SMILES string of the molecule is [11CH3]OCCCN1CCC(NC(=O)c2cc(Cl)c(N)c3c2OCC3)CC1. The molecule has 0 saturated carbocycles. The topological polar surface area (TPSA) is 76.8 Å². The number of anilines is 1. The van der Waals surface area contributed by atoms with Crippen LogP contribution in [0.3, 0.4) is 0 Å². The molecule has 7 heteroatoms. The van der Waals surface area contributed by atoms with Gasteiger partial charge in [-0.2, -0.15) is 0 Å². The lowest BCUT2D eigenvalue weighted by molar-refractivity contribution is 0.0904. The van der Waals surface area contributed by atoms with Gasteiger partial charge in [0.1, 0.15) is 5.75 Å². The molecule has 2 aliphatic heterocycles. The lowest BCUT2D eigenvalue weighted by Crippen LogP contribution is -2.45. The Labute approximate surface area is 153 Å². The van der Waals surface area contributed by atoms with Crippen LogP contribution in [0.25, 0.3) is 0 Å². The highest BCUT2D eigenvalue weighted by molar-refractivity contribution is 6.33. The first-order valence-corrected chi connectivity index (χ1v) is 9.23. The number of benzene rings is 1. The summed E-state index contributed by atoms with van der Waals surface area (Å²) in [7, 11) is 1.73. The van der Waals surface area contributed by atoms with Crippen LogP contribution in [0.2, 0.25) is 5.02 Å². The van der Waals surface area contributed by atoms with Gasteiger partial charge in [-0.15, -0.1) is 0 Å². The second-order valence-electron chi connectivity index (χ2n) is 6.66. The number of hydrogen-bond acceptors (Lipinski definition) is 5. The molecule has 3 rings (SSSR count). The summed E-state index contributed by atoms with van der Waals surface area (Å²) < 4.78 is 10.7. The Morgan fingerprint density at radius 2 is 2.24 bits per heavy atom. The first-order valence-electron chi connectivity index (χ1n) is 8.86. The quantitative estimate of drug-likeness (QED) is 0.595. The van der Waals surface area contributed by atoms with Gasteiger partial charge in [0.25, 0.3) is 5.91 Å². The number of nitrogens with two attached hydrogens (primary N) is 1. The third-order valence-corrected chi connectivity index (χ3v) is 5.27. The maximum absolute atomic E-state index is 12.7. The Morgan fingerprint density at radius 1 is 1.48 bits per heavy atom. The van der Waals surface area contributed by atoms with Gasteiger partial charge in [0.2, 0.25) is 0 Å². The van der Waals surface area contributed by atoms with E-state index in [1.165, 1.54) is 0 Å². The molecular weight excluding hydrogens is 341 g/mol. The second-order valence-corrected chi connectivity index (χ2v) is 7.07. The molecule has 0 radical (unpaired) electrons. The number of ether oxygens (including phenoxy) is 2. The molecule has 0 unspecified atom stereocenters. The van der Waals surface area contributed by atoms with Gasteiger partial charge in [0, 0.05) is 51.4 Å². The average molecular weight is 367 g/mol. The highest BCUT2D eigenvalue weighted by Gasteiger charge is 2.27. The van der Waals surface area contributed by atoms with Crippen LogP contribution in [0.15, 0.2) is 6.07 Å². The first kappa shape index (κ1) is 18.3. The molecule has 1 aromatic carbocycles. The Morgan fingerprint density at radius 3 is 2.96 bits per heavy atom. The van der Waals surface area contributed by atoms with Crippen LogP contribution in [-0.4, -0.2) is 56.8 Å². The number of carbonyl (C=O) groups excluding carboxylic acids is 1. The van der Waals surface area contributed by atoms with Crippen molar-refractivity contribution in [3.05, 3.63) is 22.2 Å². The number of amides is 1. The predicted octanol–water partition coefficient (Wildman–Crippen LogP) is 2.09. The summed E-state index contributed by atoms with van der Waals surface area (Å²) in [6, 6.07) is 1.80. The highest BCUT2D eigenvalue weighted by atomic mass is 35.5. The molecule has 25 heavy (non-hydrogen) atoms. The minimum Gasteiger partial charge on any atom is -0.492 e. The van der Waals surface area contributed by atoms with Crippen LogP contribution in [0, 0.1) is 0 Å². The van der Waals surface area contributed by atoms with Crippen LogP contribution < -0.4 is 15.8 Å². The molecule has 1 saturated heterocycles. The number of methoxy groups -OCH3 is 1. The number of nitrogens with zero attached hydrogens (tertiary/aromatic N) is 1. The Balaban J connectivity index is 1.57. The zero-order chi connectivity index (χ0) is 17.8. The Hall–Kier alpha value is -1.50. The molecule has 1 fully saturated rings. The fraction of sp³-hybridized carbons (Fsp3) is 0.611. The number of nitrogen functional groups attached to an aromatic ring is 1. The van der Waals surface area contributed by atoms with Gasteiger partial charge in [-0.3, -0.25) is 4.79 Å². The molecule has 0 spiro atoms. The molecular formula is C18H26ClN3O3. The van der Waals surface area contributed by atoms with E-state index < -0.39 is 0 Å². The lowest BCUT2D eigenvalue weighted by Gasteiger charge is -2.32. The normalized spacial score (nSPS) is 18.0. The summed E-state index contributed by atoms with van der Waals surface area (Å²) in [6.45, 7) is 4.36. The van der Waals surface area contributed by atoms with E-state index in [0.29, 0.717) is 35.1 Å². The van der Waals surface area contributed by atoms with Crippen LogP contribution in [-0.2, 0) is 11.2 Å². The standard InChI is InChI=1S/C18H26ClN3O3/c1-24-9-2-6-22-7-3-12(4-8-22)21-18(23)14-11-15(19)16(20)13-5-10-25-17(13)14/h11-12H,2-10,20H2,1H3,(H,21,23)/i1-1. The van der Waals surface area contributed by atoms with Crippen molar-refractivity contribution in [2.75, 3.05) is 45.7 Å². The minimum absolute atomic E-state index is 0.127. The fourth-order valence-corrected chi connectivity index (χ4v) is 3.76. The van der Waals surface area contributed by atoms with E-state index in [-0.39, 0.29) is 11.9 Å². The fourth-order valence-electron chi connectivity index (χ4n) is 3.53.